The second-order valence-corrected chi connectivity index (χ2v) is 6.57. The molecule has 2 unspecified atom stereocenters. The Morgan fingerprint density at radius 3 is 2.54 bits per heavy atom. The molecule has 2 aromatic rings. The van der Waals surface area contributed by atoms with Crippen LogP contribution in [0, 0.1) is 18.7 Å². The van der Waals surface area contributed by atoms with E-state index in [0.717, 1.165) is 18.4 Å². The topological polar surface area (TPSA) is 49.3 Å². The van der Waals surface area contributed by atoms with Crippen LogP contribution < -0.4 is 5.32 Å². The largest absolute Gasteiger partial charge is 0.388 e. The molecule has 2 N–H and O–H groups in total. The lowest BCUT2D eigenvalue weighted by molar-refractivity contribution is -0.124. The fourth-order valence-electron chi connectivity index (χ4n) is 2.92. The van der Waals surface area contributed by atoms with Crippen molar-refractivity contribution in [2.24, 2.45) is 5.92 Å². The molecule has 0 aliphatic heterocycles. The first-order valence-electron chi connectivity index (χ1n) is 8.32. The van der Waals surface area contributed by atoms with Crippen molar-refractivity contribution in [3.05, 3.63) is 71.0 Å². The maximum Gasteiger partial charge on any atom is 0.223 e. The van der Waals surface area contributed by atoms with Gasteiger partial charge in [0.1, 0.15) is 5.82 Å². The van der Waals surface area contributed by atoms with E-state index >= 15 is 0 Å². The maximum absolute atomic E-state index is 13.2. The van der Waals surface area contributed by atoms with Crippen LogP contribution in [0.4, 0.5) is 4.39 Å². The van der Waals surface area contributed by atoms with Crippen molar-refractivity contribution in [1.82, 2.24) is 5.32 Å². The van der Waals surface area contributed by atoms with E-state index in [1.54, 1.807) is 6.07 Å². The first kappa shape index (κ1) is 16.7. The van der Waals surface area contributed by atoms with Crippen molar-refractivity contribution in [2.75, 3.05) is 0 Å². The fraction of sp³-hybridized carbons (Fsp3) is 0.350. The Balaban J connectivity index is 1.64. The average molecular weight is 327 g/mol. The molecule has 24 heavy (non-hydrogen) atoms. The molecule has 126 valence electrons. The summed E-state index contributed by atoms with van der Waals surface area (Å²) in [5.41, 5.74) is 2.70. The molecule has 2 atom stereocenters. The molecule has 1 aliphatic carbocycles. The number of carbonyl (C=O) groups excluding carboxylic acids is 1. The van der Waals surface area contributed by atoms with Gasteiger partial charge < -0.3 is 10.4 Å². The number of aliphatic hydroxyl groups is 1. The zero-order chi connectivity index (χ0) is 17.1. The number of nitrogens with one attached hydrogen (secondary N) is 1. The van der Waals surface area contributed by atoms with E-state index in [-0.39, 0.29) is 18.4 Å². The highest BCUT2D eigenvalue weighted by molar-refractivity contribution is 5.77. The van der Waals surface area contributed by atoms with E-state index in [9.17, 15) is 14.3 Å². The summed E-state index contributed by atoms with van der Waals surface area (Å²) < 4.78 is 13.2. The molecule has 0 aromatic heterocycles. The van der Waals surface area contributed by atoms with E-state index < -0.39 is 11.9 Å². The lowest BCUT2D eigenvalue weighted by Gasteiger charge is -2.20. The Hall–Kier alpha value is -2.20. The number of hydrogen-bond donors (Lipinski definition) is 2. The number of amides is 1. The minimum atomic E-state index is -1.00. The zero-order valence-corrected chi connectivity index (χ0v) is 13.7. The van der Waals surface area contributed by atoms with Crippen molar-refractivity contribution >= 4 is 5.91 Å². The molecule has 0 heterocycles. The van der Waals surface area contributed by atoms with Crippen LogP contribution in [-0.2, 0) is 4.79 Å². The van der Waals surface area contributed by atoms with Gasteiger partial charge in [-0.15, -0.1) is 0 Å². The van der Waals surface area contributed by atoms with Crippen LogP contribution in [0.15, 0.2) is 48.5 Å². The Morgan fingerprint density at radius 2 is 1.92 bits per heavy atom. The predicted octanol–water partition coefficient (Wildman–Crippen LogP) is 3.83. The van der Waals surface area contributed by atoms with Crippen molar-refractivity contribution in [3.63, 3.8) is 0 Å². The average Bonchev–Trinajstić information content (AvgIpc) is 3.38. The van der Waals surface area contributed by atoms with Gasteiger partial charge in [-0.2, -0.15) is 0 Å². The number of hydrogen-bond acceptors (Lipinski definition) is 2. The first-order valence-corrected chi connectivity index (χ1v) is 8.32. The highest BCUT2D eigenvalue weighted by atomic mass is 19.1. The van der Waals surface area contributed by atoms with Crippen LogP contribution in [0.25, 0.3) is 0 Å². The first-order chi connectivity index (χ1) is 11.5. The Kier molecular flexibility index (Phi) is 4.95. The fourth-order valence-corrected chi connectivity index (χ4v) is 2.92. The van der Waals surface area contributed by atoms with Crippen molar-refractivity contribution in [3.8, 4) is 0 Å². The van der Waals surface area contributed by atoms with Gasteiger partial charge in [-0.05, 0) is 48.9 Å². The van der Waals surface area contributed by atoms with Crippen LogP contribution in [0.5, 0.6) is 0 Å². The quantitative estimate of drug-likeness (QED) is 0.847. The smallest absolute Gasteiger partial charge is 0.223 e. The summed E-state index contributed by atoms with van der Waals surface area (Å²) in [7, 11) is 0. The molecule has 2 aromatic carbocycles. The number of aryl methyl sites for hydroxylation is 1. The molecule has 4 heteroatoms. The summed E-state index contributed by atoms with van der Waals surface area (Å²) in [6.45, 7) is 2.03. The number of aliphatic hydroxyl groups excluding tert-OH is 1. The van der Waals surface area contributed by atoms with Gasteiger partial charge in [0.05, 0.1) is 18.6 Å². The molecule has 3 rings (SSSR count). The van der Waals surface area contributed by atoms with Gasteiger partial charge in [-0.1, -0.05) is 42.0 Å². The second-order valence-electron chi connectivity index (χ2n) is 6.57. The molecule has 0 spiro atoms. The van der Waals surface area contributed by atoms with Crippen LogP contribution in [0.3, 0.4) is 0 Å². The lowest BCUT2D eigenvalue weighted by Crippen LogP contribution is -2.31. The third kappa shape index (κ3) is 4.20. The van der Waals surface area contributed by atoms with Crippen molar-refractivity contribution < 1.29 is 14.3 Å². The molecule has 3 nitrogen and oxygen atoms in total. The highest BCUT2D eigenvalue weighted by Crippen LogP contribution is 2.41. The van der Waals surface area contributed by atoms with Crippen molar-refractivity contribution in [2.45, 2.75) is 38.3 Å². The molecular weight excluding hydrogens is 305 g/mol. The number of rotatable bonds is 6. The van der Waals surface area contributed by atoms with E-state index in [0.29, 0.717) is 11.5 Å². The van der Waals surface area contributed by atoms with E-state index in [2.05, 4.69) is 5.32 Å². The van der Waals surface area contributed by atoms with Gasteiger partial charge in [0.2, 0.25) is 5.91 Å². The molecule has 0 bridgehead atoms. The molecule has 0 radical (unpaired) electrons. The highest BCUT2D eigenvalue weighted by Gasteiger charge is 2.33. The lowest BCUT2D eigenvalue weighted by atomic mass is 10.00. The molecule has 1 amide bonds. The summed E-state index contributed by atoms with van der Waals surface area (Å²) in [5.74, 6) is -0.172. The van der Waals surface area contributed by atoms with Gasteiger partial charge in [-0.25, -0.2) is 4.39 Å². The normalized spacial score (nSPS) is 16.5. The van der Waals surface area contributed by atoms with Gasteiger partial charge in [0.15, 0.2) is 0 Å². The minimum Gasteiger partial charge on any atom is -0.388 e. The molecule has 0 saturated heterocycles. The van der Waals surface area contributed by atoms with E-state index in [1.807, 2.05) is 31.2 Å². The number of carbonyl (C=O) groups is 1. The van der Waals surface area contributed by atoms with Gasteiger partial charge in [0.25, 0.3) is 0 Å². The monoisotopic (exact) mass is 327 g/mol. The van der Waals surface area contributed by atoms with Gasteiger partial charge >= 0.3 is 0 Å². The Labute approximate surface area is 141 Å². The van der Waals surface area contributed by atoms with E-state index in [4.69, 9.17) is 0 Å². The second kappa shape index (κ2) is 7.14. The third-order valence-electron chi connectivity index (χ3n) is 4.46. The summed E-state index contributed by atoms with van der Waals surface area (Å²) in [6.07, 6.45) is 1.13. The predicted molar refractivity (Wildman–Crippen MR) is 90.8 cm³/mol. The van der Waals surface area contributed by atoms with Crippen LogP contribution in [0.2, 0.25) is 0 Å². The number of benzene rings is 2. The van der Waals surface area contributed by atoms with Crippen LogP contribution >= 0.6 is 0 Å². The van der Waals surface area contributed by atoms with Gasteiger partial charge in [0, 0.05) is 0 Å². The summed E-state index contributed by atoms with van der Waals surface area (Å²) in [4.78, 5) is 12.3. The molecule has 1 saturated carbocycles. The summed E-state index contributed by atoms with van der Waals surface area (Å²) >= 11 is 0. The summed E-state index contributed by atoms with van der Waals surface area (Å²) in [6, 6.07) is 13.9. The SMILES string of the molecule is Cc1ccc(C(NC(=O)CC(O)c2cccc(F)c2)C2CC2)cc1. The molecule has 1 aliphatic rings. The molecule has 1 fully saturated rings. The van der Waals surface area contributed by atoms with Crippen LogP contribution in [0.1, 0.15) is 48.1 Å². The maximum atomic E-state index is 13.2. The molecular formula is C20H22FNO2. The number of halogens is 1. The van der Waals surface area contributed by atoms with Gasteiger partial charge in [-0.3, -0.25) is 4.79 Å². The standard InChI is InChI=1S/C20H22FNO2/c1-13-5-7-14(8-6-13)20(15-9-10-15)22-19(24)12-18(23)16-3-2-4-17(21)11-16/h2-8,11,15,18,20,23H,9-10,12H2,1H3,(H,22,24). The third-order valence-corrected chi connectivity index (χ3v) is 4.46. The zero-order valence-electron chi connectivity index (χ0n) is 13.7. The van der Waals surface area contributed by atoms with Crippen LogP contribution in [-0.4, -0.2) is 11.0 Å². The minimum absolute atomic E-state index is 0.0159. The van der Waals surface area contributed by atoms with E-state index in [1.165, 1.54) is 23.8 Å². The van der Waals surface area contributed by atoms with Crippen molar-refractivity contribution in [1.29, 1.82) is 0 Å². The summed E-state index contributed by atoms with van der Waals surface area (Å²) in [5, 5.41) is 13.2. The Bertz CT molecular complexity index is 710. The Morgan fingerprint density at radius 1 is 1.21 bits per heavy atom.